The van der Waals surface area contributed by atoms with Gasteiger partial charge in [0.25, 0.3) is 5.91 Å². The van der Waals surface area contributed by atoms with Crippen molar-refractivity contribution in [1.82, 2.24) is 19.7 Å². The Morgan fingerprint density at radius 1 is 1.61 bits per heavy atom. The summed E-state index contributed by atoms with van der Waals surface area (Å²) in [5.74, 6) is 0.227. The van der Waals surface area contributed by atoms with Gasteiger partial charge in [-0.2, -0.15) is 5.10 Å². The smallest absolute Gasteiger partial charge is 0.277 e. The number of aromatic nitrogens is 4. The second kappa shape index (κ2) is 5.46. The van der Waals surface area contributed by atoms with Crippen LogP contribution in [-0.2, 0) is 13.0 Å². The Labute approximate surface area is 104 Å². The van der Waals surface area contributed by atoms with Gasteiger partial charge in [0, 0.05) is 31.0 Å². The van der Waals surface area contributed by atoms with Crippen LogP contribution in [0.2, 0.25) is 0 Å². The molecular weight excluding hydrogens is 232 g/mol. The first kappa shape index (κ1) is 12.3. The highest BCUT2D eigenvalue weighted by atomic mass is 16.2. The van der Waals surface area contributed by atoms with Crippen molar-refractivity contribution < 1.29 is 4.79 Å². The second-order valence-electron chi connectivity index (χ2n) is 3.87. The largest absolute Gasteiger partial charge is 0.335 e. The maximum absolute atomic E-state index is 11.9. The molecule has 4 N–H and O–H groups in total. The van der Waals surface area contributed by atoms with Gasteiger partial charge >= 0.3 is 0 Å². The molecule has 7 nitrogen and oxygen atoms in total. The summed E-state index contributed by atoms with van der Waals surface area (Å²) in [6.07, 6.45) is 4.09. The number of nitrogens with two attached hydrogens (primary N) is 1. The first-order chi connectivity index (χ1) is 8.72. The number of carbonyl (C=O) groups is 1. The van der Waals surface area contributed by atoms with Crippen molar-refractivity contribution in [1.29, 1.82) is 0 Å². The standard InChI is InChI=1S/C11H16N6O/c1-2-8-5-10(16-15-8)14-11(18)9-6-17(4-3-12)7-13-9/h5-7H,2-4,12H2,1H3,(H2,14,15,16,18). The van der Waals surface area contributed by atoms with Gasteiger partial charge in [-0.1, -0.05) is 6.92 Å². The van der Waals surface area contributed by atoms with E-state index in [1.165, 1.54) is 0 Å². The Balaban J connectivity index is 2.02. The predicted octanol–water partition coefficient (Wildman–Crippen LogP) is 0.380. The lowest BCUT2D eigenvalue weighted by molar-refractivity contribution is 0.102. The van der Waals surface area contributed by atoms with Gasteiger partial charge in [0.15, 0.2) is 5.82 Å². The zero-order valence-electron chi connectivity index (χ0n) is 10.2. The highest BCUT2D eigenvalue weighted by Gasteiger charge is 2.11. The molecule has 2 aromatic heterocycles. The van der Waals surface area contributed by atoms with Gasteiger partial charge in [-0.15, -0.1) is 0 Å². The van der Waals surface area contributed by atoms with E-state index in [9.17, 15) is 4.79 Å². The minimum Gasteiger partial charge on any atom is -0.335 e. The number of nitrogens with one attached hydrogen (secondary N) is 2. The number of hydrogen-bond acceptors (Lipinski definition) is 4. The molecule has 0 aliphatic rings. The van der Waals surface area contributed by atoms with Gasteiger partial charge < -0.3 is 15.6 Å². The molecule has 0 aliphatic carbocycles. The van der Waals surface area contributed by atoms with Gasteiger partial charge in [-0.25, -0.2) is 4.98 Å². The normalized spacial score (nSPS) is 10.6. The number of rotatable bonds is 5. The molecule has 0 spiro atoms. The Bertz CT molecular complexity index is 529. The van der Waals surface area contributed by atoms with Crippen LogP contribution in [0.1, 0.15) is 23.1 Å². The Morgan fingerprint density at radius 3 is 3.11 bits per heavy atom. The molecule has 0 aromatic carbocycles. The maximum Gasteiger partial charge on any atom is 0.277 e. The third kappa shape index (κ3) is 2.75. The molecule has 0 aliphatic heterocycles. The fourth-order valence-corrected chi connectivity index (χ4v) is 1.54. The van der Waals surface area contributed by atoms with Crippen LogP contribution in [0.15, 0.2) is 18.6 Å². The summed E-state index contributed by atoms with van der Waals surface area (Å²) in [7, 11) is 0. The fraction of sp³-hybridized carbons (Fsp3) is 0.364. The van der Waals surface area contributed by atoms with Gasteiger partial charge in [-0.3, -0.25) is 9.89 Å². The van der Waals surface area contributed by atoms with E-state index in [0.29, 0.717) is 24.6 Å². The van der Waals surface area contributed by atoms with Crippen LogP contribution in [0.4, 0.5) is 5.82 Å². The molecule has 2 heterocycles. The van der Waals surface area contributed by atoms with E-state index in [-0.39, 0.29) is 5.91 Å². The van der Waals surface area contributed by atoms with Crippen molar-refractivity contribution in [2.24, 2.45) is 5.73 Å². The Kier molecular flexibility index (Phi) is 3.73. The number of aryl methyl sites for hydroxylation is 1. The van der Waals surface area contributed by atoms with Crippen molar-refractivity contribution in [3.63, 3.8) is 0 Å². The molecule has 0 saturated heterocycles. The molecule has 1 amide bonds. The summed E-state index contributed by atoms with van der Waals surface area (Å²) >= 11 is 0. The van der Waals surface area contributed by atoms with Crippen LogP contribution in [-0.4, -0.2) is 32.2 Å². The molecule has 0 radical (unpaired) electrons. The summed E-state index contributed by atoms with van der Waals surface area (Å²) < 4.78 is 1.77. The summed E-state index contributed by atoms with van der Waals surface area (Å²) in [6.45, 7) is 3.16. The molecule has 0 bridgehead atoms. The van der Waals surface area contributed by atoms with Crippen LogP contribution >= 0.6 is 0 Å². The maximum atomic E-state index is 11.9. The fourth-order valence-electron chi connectivity index (χ4n) is 1.54. The zero-order valence-corrected chi connectivity index (χ0v) is 10.2. The lowest BCUT2D eigenvalue weighted by Gasteiger charge is -1.98. The first-order valence-corrected chi connectivity index (χ1v) is 5.80. The van der Waals surface area contributed by atoms with Crippen LogP contribution in [0, 0.1) is 0 Å². The van der Waals surface area contributed by atoms with Crippen molar-refractivity contribution >= 4 is 11.7 Å². The van der Waals surface area contributed by atoms with E-state index in [2.05, 4.69) is 20.5 Å². The van der Waals surface area contributed by atoms with E-state index >= 15 is 0 Å². The first-order valence-electron chi connectivity index (χ1n) is 5.80. The summed E-state index contributed by atoms with van der Waals surface area (Å²) in [6, 6.07) is 1.80. The Morgan fingerprint density at radius 2 is 2.44 bits per heavy atom. The number of H-pyrrole nitrogens is 1. The highest BCUT2D eigenvalue weighted by Crippen LogP contribution is 2.07. The zero-order chi connectivity index (χ0) is 13.0. The summed E-state index contributed by atoms with van der Waals surface area (Å²) in [5, 5.41) is 9.49. The molecule has 96 valence electrons. The monoisotopic (exact) mass is 248 g/mol. The molecule has 2 rings (SSSR count). The van der Waals surface area contributed by atoms with E-state index in [4.69, 9.17) is 5.73 Å². The van der Waals surface area contributed by atoms with Gasteiger partial charge in [0.1, 0.15) is 5.69 Å². The number of amides is 1. The van der Waals surface area contributed by atoms with Gasteiger partial charge in [0.05, 0.1) is 6.33 Å². The highest BCUT2D eigenvalue weighted by molar-refractivity contribution is 6.02. The number of anilines is 1. The molecule has 7 heteroatoms. The third-order valence-corrected chi connectivity index (χ3v) is 2.51. The Hall–Kier alpha value is -2.15. The van der Waals surface area contributed by atoms with E-state index in [1.807, 2.05) is 6.92 Å². The molecule has 0 saturated carbocycles. The van der Waals surface area contributed by atoms with E-state index in [1.54, 1.807) is 23.2 Å². The number of carbonyl (C=O) groups excluding carboxylic acids is 1. The molecular formula is C11H16N6O. The predicted molar refractivity (Wildman–Crippen MR) is 67.2 cm³/mol. The summed E-state index contributed by atoms with van der Waals surface area (Å²) in [5.41, 5.74) is 6.75. The molecule has 0 fully saturated rings. The van der Waals surface area contributed by atoms with Crippen LogP contribution in [0.3, 0.4) is 0 Å². The van der Waals surface area contributed by atoms with Gasteiger partial charge in [0.2, 0.25) is 0 Å². The average molecular weight is 248 g/mol. The summed E-state index contributed by atoms with van der Waals surface area (Å²) in [4.78, 5) is 15.9. The lowest BCUT2D eigenvalue weighted by Crippen LogP contribution is -2.13. The van der Waals surface area contributed by atoms with Crippen molar-refractivity contribution in [3.8, 4) is 0 Å². The minimum absolute atomic E-state index is 0.278. The average Bonchev–Trinajstić information content (AvgIpc) is 2.98. The quantitative estimate of drug-likeness (QED) is 0.711. The minimum atomic E-state index is -0.278. The van der Waals surface area contributed by atoms with Crippen LogP contribution in [0.5, 0.6) is 0 Å². The molecule has 2 aromatic rings. The second-order valence-corrected chi connectivity index (χ2v) is 3.87. The van der Waals surface area contributed by atoms with E-state index < -0.39 is 0 Å². The SMILES string of the molecule is CCc1cc(NC(=O)c2cn(CCN)cn2)n[nH]1. The lowest BCUT2D eigenvalue weighted by atomic mass is 10.3. The van der Waals surface area contributed by atoms with Crippen molar-refractivity contribution in [2.45, 2.75) is 19.9 Å². The molecule has 18 heavy (non-hydrogen) atoms. The van der Waals surface area contributed by atoms with Crippen LogP contribution < -0.4 is 11.1 Å². The van der Waals surface area contributed by atoms with E-state index in [0.717, 1.165) is 12.1 Å². The number of imidazole rings is 1. The van der Waals surface area contributed by atoms with Crippen molar-refractivity contribution in [3.05, 3.63) is 30.0 Å². The van der Waals surface area contributed by atoms with Crippen molar-refractivity contribution in [2.75, 3.05) is 11.9 Å². The number of aromatic amines is 1. The third-order valence-electron chi connectivity index (χ3n) is 2.51. The topological polar surface area (TPSA) is 102 Å². The molecule has 0 unspecified atom stereocenters. The van der Waals surface area contributed by atoms with Gasteiger partial charge in [-0.05, 0) is 6.42 Å². The van der Waals surface area contributed by atoms with Crippen LogP contribution in [0.25, 0.3) is 0 Å². The number of hydrogen-bond donors (Lipinski definition) is 3. The molecule has 0 atom stereocenters. The number of nitrogens with zero attached hydrogens (tertiary/aromatic N) is 3.